The molecule has 0 saturated carbocycles. The lowest BCUT2D eigenvalue weighted by Crippen LogP contribution is -2.54. The Balaban J connectivity index is 1.89. The van der Waals surface area contributed by atoms with Crippen molar-refractivity contribution in [1.82, 2.24) is 15.6 Å². The monoisotopic (exact) mass is 344 g/mol. The maximum Gasteiger partial charge on any atom is 0.274 e. The summed E-state index contributed by atoms with van der Waals surface area (Å²) in [5.41, 5.74) is 6.00. The molecule has 0 aliphatic heterocycles. The number of benzene rings is 1. The summed E-state index contributed by atoms with van der Waals surface area (Å²) in [7, 11) is 0. The van der Waals surface area contributed by atoms with E-state index in [1.54, 1.807) is 13.0 Å². The predicted octanol–water partition coefficient (Wildman–Crippen LogP) is 1.30. The van der Waals surface area contributed by atoms with Crippen LogP contribution in [0, 0.1) is 5.92 Å². The zero-order valence-electron chi connectivity index (χ0n) is 14.7. The Morgan fingerprint density at radius 3 is 2.56 bits per heavy atom. The van der Waals surface area contributed by atoms with E-state index in [0.717, 1.165) is 10.9 Å². The number of fused-ring (bicyclic) bond motifs is 1. The molecule has 25 heavy (non-hydrogen) atoms. The molecule has 0 saturated heterocycles. The Morgan fingerprint density at radius 1 is 1.24 bits per heavy atom. The minimum Gasteiger partial charge on any atom is -0.351 e. The van der Waals surface area contributed by atoms with Gasteiger partial charge < -0.3 is 16.0 Å². The highest BCUT2D eigenvalue weighted by atomic mass is 16.2. The Labute approximate surface area is 146 Å². The number of H-pyrrole nitrogens is 1. The second kappa shape index (κ2) is 7.48. The van der Waals surface area contributed by atoms with E-state index >= 15 is 0 Å². The molecule has 0 aliphatic carbocycles. The number of carbonyl (C=O) groups is 3. The van der Waals surface area contributed by atoms with Gasteiger partial charge in [0.25, 0.3) is 5.91 Å². The minimum absolute atomic E-state index is 0.248. The maximum absolute atomic E-state index is 12.1. The van der Waals surface area contributed by atoms with E-state index in [9.17, 15) is 14.4 Å². The largest absolute Gasteiger partial charge is 0.351 e. The van der Waals surface area contributed by atoms with Gasteiger partial charge in [-0.3, -0.25) is 19.7 Å². The summed E-state index contributed by atoms with van der Waals surface area (Å²) >= 11 is 0. The van der Waals surface area contributed by atoms with Crippen molar-refractivity contribution in [3.05, 3.63) is 36.0 Å². The third-order valence-corrected chi connectivity index (χ3v) is 3.79. The van der Waals surface area contributed by atoms with E-state index in [4.69, 9.17) is 5.73 Å². The zero-order valence-corrected chi connectivity index (χ0v) is 14.7. The van der Waals surface area contributed by atoms with Crippen molar-refractivity contribution >= 4 is 28.6 Å². The molecule has 3 amide bonds. The summed E-state index contributed by atoms with van der Waals surface area (Å²) < 4.78 is 0. The first-order valence-electron chi connectivity index (χ1n) is 8.18. The lowest BCUT2D eigenvalue weighted by Gasteiger charge is -2.25. The van der Waals surface area contributed by atoms with E-state index < -0.39 is 23.3 Å². The molecule has 0 radical (unpaired) electrons. The highest BCUT2D eigenvalue weighted by molar-refractivity contribution is 6.07. The van der Waals surface area contributed by atoms with Gasteiger partial charge in [-0.05, 0) is 31.4 Å². The van der Waals surface area contributed by atoms with Crippen LogP contribution in [0.25, 0.3) is 10.9 Å². The first-order chi connectivity index (χ1) is 11.7. The second-order valence-electron chi connectivity index (χ2n) is 6.85. The van der Waals surface area contributed by atoms with Gasteiger partial charge in [0.2, 0.25) is 11.8 Å². The molecule has 0 fully saturated rings. The Hall–Kier alpha value is -2.67. The third-order valence-electron chi connectivity index (χ3n) is 3.79. The van der Waals surface area contributed by atoms with Crippen LogP contribution in [0.15, 0.2) is 30.3 Å². The summed E-state index contributed by atoms with van der Waals surface area (Å²) in [6, 6.07) is 9.07. The molecule has 7 heteroatoms. The number of hydrogen-bond donors (Lipinski definition) is 4. The summed E-state index contributed by atoms with van der Waals surface area (Å²) in [5.74, 6) is -1.32. The average Bonchev–Trinajstić information content (AvgIpc) is 2.95. The second-order valence-corrected chi connectivity index (χ2v) is 6.85. The quantitative estimate of drug-likeness (QED) is 0.632. The summed E-state index contributed by atoms with van der Waals surface area (Å²) in [4.78, 5) is 39.0. The van der Waals surface area contributed by atoms with Gasteiger partial charge in [0.15, 0.2) is 0 Å². The van der Waals surface area contributed by atoms with Crippen LogP contribution in [0.1, 0.15) is 37.7 Å². The SMILES string of the molecule is CC(C)C[C@@](C)(N)C(=O)NCC(=O)NC(=O)c1cc2ccccc2[nH]1. The van der Waals surface area contributed by atoms with E-state index in [1.165, 1.54) is 0 Å². The van der Waals surface area contributed by atoms with Crippen LogP contribution < -0.4 is 16.4 Å². The highest BCUT2D eigenvalue weighted by Crippen LogP contribution is 2.15. The summed E-state index contributed by atoms with van der Waals surface area (Å²) in [6.45, 7) is 5.24. The number of carbonyl (C=O) groups excluding carboxylic acids is 3. The van der Waals surface area contributed by atoms with E-state index in [0.29, 0.717) is 6.42 Å². The van der Waals surface area contributed by atoms with Gasteiger partial charge in [-0.2, -0.15) is 0 Å². The van der Waals surface area contributed by atoms with Gasteiger partial charge in [0, 0.05) is 10.9 Å². The topological polar surface area (TPSA) is 117 Å². The van der Waals surface area contributed by atoms with Crippen molar-refractivity contribution in [2.24, 2.45) is 11.7 Å². The molecule has 0 bridgehead atoms. The first-order valence-corrected chi connectivity index (χ1v) is 8.18. The maximum atomic E-state index is 12.1. The molecule has 0 unspecified atom stereocenters. The van der Waals surface area contributed by atoms with Crippen molar-refractivity contribution in [2.75, 3.05) is 6.54 Å². The minimum atomic E-state index is -1.06. The predicted molar refractivity (Wildman–Crippen MR) is 95.8 cm³/mol. The van der Waals surface area contributed by atoms with Crippen LogP contribution in [-0.2, 0) is 9.59 Å². The van der Waals surface area contributed by atoms with E-state index in [2.05, 4.69) is 15.6 Å². The fourth-order valence-corrected chi connectivity index (χ4v) is 2.74. The van der Waals surface area contributed by atoms with E-state index in [1.807, 2.05) is 38.1 Å². The van der Waals surface area contributed by atoms with Gasteiger partial charge in [-0.15, -0.1) is 0 Å². The fraction of sp³-hybridized carbons (Fsp3) is 0.389. The van der Waals surface area contributed by atoms with E-state index in [-0.39, 0.29) is 18.2 Å². The molecule has 1 heterocycles. The fourth-order valence-electron chi connectivity index (χ4n) is 2.74. The zero-order chi connectivity index (χ0) is 18.6. The molecule has 0 aliphatic rings. The van der Waals surface area contributed by atoms with Crippen molar-refractivity contribution < 1.29 is 14.4 Å². The molecular weight excluding hydrogens is 320 g/mol. The number of aromatic amines is 1. The van der Waals surface area contributed by atoms with Crippen LogP contribution in [-0.4, -0.2) is 34.8 Å². The molecule has 1 atom stereocenters. The molecular formula is C18H24N4O3. The van der Waals surface area contributed by atoms with Crippen LogP contribution in [0.3, 0.4) is 0 Å². The van der Waals surface area contributed by atoms with Gasteiger partial charge in [0.1, 0.15) is 5.69 Å². The van der Waals surface area contributed by atoms with Crippen LogP contribution >= 0.6 is 0 Å². The number of nitrogens with one attached hydrogen (secondary N) is 3. The number of para-hydroxylation sites is 1. The molecule has 2 aromatic rings. The average molecular weight is 344 g/mol. The molecule has 7 nitrogen and oxygen atoms in total. The van der Waals surface area contributed by atoms with Crippen LogP contribution in [0.2, 0.25) is 0 Å². The first kappa shape index (κ1) is 18.7. The van der Waals surface area contributed by atoms with Crippen molar-refractivity contribution in [2.45, 2.75) is 32.7 Å². The number of hydrogen-bond acceptors (Lipinski definition) is 4. The molecule has 1 aromatic carbocycles. The lowest BCUT2D eigenvalue weighted by atomic mass is 9.91. The standard InChI is InChI=1S/C18H24N4O3/c1-11(2)9-18(3,19)17(25)20-10-15(23)22-16(24)14-8-12-6-4-5-7-13(12)21-14/h4-8,11,21H,9-10,19H2,1-3H3,(H,20,25)(H,22,23,24)/t18-/m1/s1. The summed E-state index contributed by atoms with van der Waals surface area (Å²) in [5, 5.41) is 5.59. The van der Waals surface area contributed by atoms with Crippen molar-refractivity contribution in [1.29, 1.82) is 0 Å². The van der Waals surface area contributed by atoms with Gasteiger partial charge in [-0.1, -0.05) is 32.0 Å². The number of amides is 3. The van der Waals surface area contributed by atoms with Crippen molar-refractivity contribution in [3.63, 3.8) is 0 Å². The lowest BCUT2D eigenvalue weighted by molar-refractivity contribution is -0.129. The summed E-state index contributed by atoms with van der Waals surface area (Å²) in [6.07, 6.45) is 0.494. The number of imide groups is 1. The third kappa shape index (κ3) is 4.90. The van der Waals surface area contributed by atoms with Gasteiger partial charge >= 0.3 is 0 Å². The number of rotatable bonds is 6. The molecule has 1 aromatic heterocycles. The normalized spacial score (nSPS) is 13.5. The van der Waals surface area contributed by atoms with Gasteiger partial charge in [0.05, 0.1) is 12.1 Å². The van der Waals surface area contributed by atoms with Crippen molar-refractivity contribution in [3.8, 4) is 0 Å². The molecule has 2 rings (SSSR count). The number of aromatic nitrogens is 1. The number of nitrogens with two attached hydrogens (primary N) is 1. The Kier molecular flexibility index (Phi) is 5.58. The van der Waals surface area contributed by atoms with Crippen LogP contribution in [0.5, 0.6) is 0 Å². The van der Waals surface area contributed by atoms with Crippen LogP contribution in [0.4, 0.5) is 0 Å². The molecule has 5 N–H and O–H groups in total. The molecule has 134 valence electrons. The Morgan fingerprint density at radius 2 is 1.92 bits per heavy atom. The smallest absolute Gasteiger partial charge is 0.274 e. The highest BCUT2D eigenvalue weighted by Gasteiger charge is 2.29. The van der Waals surface area contributed by atoms with Gasteiger partial charge in [-0.25, -0.2) is 0 Å². The Bertz CT molecular complexity index is 759. The molecule has 0 spiro atoms.